The second-order valence-electron chi connectivity index (χ2n) is 5.77. The molecule has 0 bridgehead atoms. The predicted octanol–water partition coefficient (Wildman–Crippen LogP) is 3.09. The molecule has 4 aromatic rings. The first-order chi connectivity index (χ1) is 12.5. The first kappa shape index (κ1) is 16.3. The standard InChI is InChI=1S/C18H13FN4O2S/c1-10-12-4-2-3-5-13(12)17(25)23(22-10)9-16(24)21-18-20-14-7-6-11(19)8-15(14)26-18/h2-8H,9H2,1H3,(H,20,21,24). The molecule has 0 aliphatic rings. The summed E-state index contributed by atoms with van der Waals surface area (Å²) in [5.74, 6) is -0.782. The summed E-state index contributed by atoms with van der Waals surface area (Å²) in [5.41, 5.74) is 0.944. The Morgan fingerprint density at radius 1 is 1.23 bits per heavy atom. The van der Waals surface area contributed by atoms with E-state index in [2.05, 4.69) is 15.4 Å². The van der Waals surface area contributed by atoms with Crippen molar-refractivity contribution in [1.29, 1.82) is 0 Å². The van der Waals surface area contributed by atoms with Crippen molar-refractivity contribution in [3.63, 3.8) is 0 Å². The van der Waals surface area contributed by atoms with Gasteiger partial charge in [-0.2, -0.15) is 5.10 Å². The van der Waals surface area contributed by atoms with Crippen molar-refractivity contribution in [3.8, 4) is 0 Å². The van der Waals surface area contributed by atoms with Crippen molar-refractivity contribution in [2.24, 2.45) is 0 Å². The number of thiazole rings is 1. The quantitative estimate of drug-likeness (QED) is 0.603. The monoisotopic (exact) mass is 368 g/mol. The molecular formula is C18H13FN4O2S. The second-order valence-corrected chi connectivity index (χ2v) is 6.80. The van der Waals surface area contributed by atoms with Gasteiger partial charge in [-0.25, -0.2) is 14.1 Å². The van der Waals surface area contributed by atoms with Crippen LogP contribution < -0.4 is 10.9 Å². The van der Waals surface area contributed by atoms with Crippen LogP contribution in [0.2, 0.25) is 0 Å². The molecule has 0 atom stereocenters. The Morgan fingerprint density at radius 2 is 2.00 bits per heavy atom. The summed E-state index contributed by atoms with van der Waals surface area (Å²) in [5, 5.41) is 8.49. The van der Waals surface area contributed by atoms with Crippen molar-refractivity contribution in [1.82, 2.24) is 14.8 Å². The zero-order valence-electron chi connectivity index (χ0n) is 13.7. The highest BCUT2D eigenvalue weighted by molar-refractivity contribution is 7.22. The second kappa shape index (κ2) is 6.30. The topological polar surface area (TPSA) is 76.9 Å². The zero-order chi connectivity index (χ0) is 18.3. The number of hydrogen-bond acceptors (Lipinski definition) is 5. The number of amides is 1. The maximum absolute atomic E-state index is 13.3. The Kier molecular flexibility index (Phi) is 3.96. The molecule has 6 nitrogen and oxygen atoms in total. The van der Waals surface area contributed by atoms with Gasteiger partial charge in [0.1, 0.15) is 12.4 Å². The van der Waals surface area contributed by atoms with Gasteiger partial charge in [0.2, 0.25) is 5.91 Å². The fourth-order valence-corrected chi connectivity index (χ4v) is 3.67. The number of halogens is 1. The van der Waals surface area contributed by atoms with Crippen molar-refractivity contribution in [3.05, 3.63) is 64.3 Å². The Morgan fingerprint density at radius 3 is 2.81 bits per heavy atom. The van der Waals surface area contributed by atoms with E-state index in [1.165, 1.54) is 23.5 Å². The van der Waals surface area contributed by atoms with Crippen LogP contribution in [0.3, 0.4) is 0 Å². The molecule has 0 aliphatic heterocycles. The zero-order valence-corrected chi connectivity index (χ0v) is 14.5. The van der Waals surface area contributed by atoms with Gasteiger partial charge >= 0.3 is 0 Å². The summed E-state index contributed by atoms with van der Waals surface area (Å²) in [6.07, 6.45) is 0. The van der Waals surface area contributed by atoms with E-state index in [4.69, 9.17) is 0 Å². The minimum absolute atomic E-state index is 0.227. The molecule has 2 heterocycles. The summed E-state index contributed by atoms with van der Waals surface area (Å²) in [6, 6.07) is 11.4. The Balaban J connectivity index is 1.60. The van der Waals surface area contributed by atoms with Gasteiger partial charge in [-0.05, 0) is 31.2 Å². The number of rotatable bonds is 3. The van der Waals surface area contributed by atoms with Gasteiger partial charge in [-0.1, -0.05) is 29.5 Å². The molecule has 1 N–H and O–H groups in total. The minimum Gasteiger partial charge on any atom is -0.300 e. The Labute approximate surface area is 150 Å². The van der Waals surface area contributed by atoms with Gasteiger partial charge in [0, 0.05) is 5.39 Å². The van der Waals surface area contributed by atoms with Gasteiger partial charge in [-0.3, -0.25) is 9.59 Å². The molecule has 0 saturated carbocycles. The number of aryl methyl sites for hydroxylation is 1. The number of nitrogens with zero attached hydrogens (tertiary/aromatic N) is 3. The van der Waals surface area contributed by atoms with E-state index in [-0.39, 0.29) is 17.9 Å². The number of fused-ring (bicyclic) bond motifs is 2. The molecule has 1 amide bonds. The molecule has 0 unspecified atom stereocenters. The highest BCUT2D eigenvalue weighted by Gasteiger charge is 2.13. The average molecular weight is 368 g/mol. The van der Waals surface area contributed by atoms with Crippen LogP contribution in [0.4, 0.5) is 9.52 Å². The molecule has 2 aromatic heterocycles. The van der Waals surface area contributed by atoms with Crippen LogP contribution in [0.5, 0.6) is 0 Å². The lowest BCUT2D eigenvalue weighted by Gasteiger charge is -2.08. The Bertz CT molecular complexity index is 1210. The van der Waals surface area contributed by atoms with E-state index in [1.807, 2.05) is 12.1 Å². The number of carbonyl (C=O) groups is 1. The molecule has 8 heteroatoms. The number of anilines is 1. The summed E-state index contributed by atoms with van der Waals surface area (Å²) in [4.78, 5) is 29.1. The molecule has 26 heavy (non-hydrogen) atoms. The van der Waals surface area contributed by atoms with Gasteiger partial charge in [0.05, 0.1) is 21.3 Å². The van der Waals surface area contributed by atoms with Crippen LogP contribution in [-0.4, -0.2) is 20.7 Å². The number of benzene rings is 2. The fraction of sp³-hybridized carbons (Fsp3) is 0.111. The highest BCUT2D eigenvalue weighted by Crippen LogP contribution is 2.26. The Hall–Kier alpha value is -3.13. The average Bonchev–Trinajstić information content (AvgIpc) is 3.00. The van der Waals surface area contributed by atoms with Crippen LogP contribution in [0, 0.1) is 12.7 Å². The van der Waals surface area contributed by atoms with Crippen LogP contribution >= 0.6 is 11.3 Å². The summed E-state index contributed by atoms with van der Waals surface area (Å²) < 4.78 is 15.0. The van der Waals surface area contributed by atoms with Crippen molar-refractivity contribution in [2.75, 3.05) is 5.32 Å². The van der Waals surface area contributed by atoms with Gasteiger partial charge in [-0.15, -0.1) is 0 Å². The first-order valence-corrected chi connectivity index (χ1v) is 8.65. The van der Waals surface area contributed by atoms with E-state index < -0.39 is 5.91 Å². The molecule has 0 spiro atoms. The summed E-state index contributed by atoms with van der Waals surface area (Å²) in [7, 11) is 0. The maximum Gasteiger partial charge on any atom is 0.275 e. The molecule has 0 radical (unpaired) electrons. The number of nitrogens with one attached hydrogen (secondary N) is 1. The van der Waals surface area contributed by atoms with Gasteiger partial charge < -0.3 is 5.32 Å². The lowest BCUT2D eigenvalue weighted by Crippen LogP contribution is -2.30. The van der Waals surface area contributed by atoms with Crippen molar-refractivity contribution < 1.29 is 9.18 Å². The molecule has 0 fully saturated rings. The third-order valence-corrected chi connectivity index (χ3v) is 4.88. The van der Waals surface area contributed by atoms with Gasteiger partial charge in [0.25, 0.3) is 5.56 Å². The molecule has 0 aliphatic carbocycles. The van der Waals surface area contributed by atoms with Crippen LogP contribution in [0.15, 0.2) is 47.3 Å². The normalized spacial score (nSPS) is 11.2. The van der Waals surface area contributed by atoms with E-state index >= 15 is 0 Å². The third-order valence-electron chi connectivity index (χ3n) is 3.94. The summed E-state index contributed by atoms with van der Waals surface area (Å²) >= 11 is 1.17. The molecule has 130 valence electrons. The molecule has 0 saturated heterocycles. The van der Waals surface area contributed by atoms with Gasteiger partial charge in [0.15, 0.2) is 5.13 Å². The first-order valence-electron chi connectivity index (χ1n) is 7.84. The van der Waals surface area contributed by atoms with Crippen LogP contribution in [-0.2, 0) is 11.3 Å². The number of hydrogen-bond donors (Lipinski definition) is 1. The van der Waals surface area contributed by atoms with Crippen molar-refractivity contribution in [2.45, 2.75) is 13.5 Å². The number of carbonyl (C=O) groups excluding carboxylic acids is 1. The third kappa shape index (κ3) is 2.95. The SMILES string of the molecule is Cc1nn(CC(=O)Nc2nc3ccc(F)cc3s2)c(=O)c2ccccc12. The van der Waals surface area contributed by atoms with E-state index in [0.717, 1.165) is 10.1 Å². The van der Waals surface area contributed by atoms with E-state index in [0.29, 0.717) is 26.4 Å². The van der Waals surface area contributed by atoms with E-state index in [9.17, 15) is 14.0 Å². The van der Waals surface area contributed by atoms with Crippen LogP contribution in [0.25, 0.3) is 21.0 Å². The minimum atomic E-state index is -0.422. The smallest absolute Gasteiger partial charge is 0.275 e. The maximum atomic E-state index is 13.3. The fourth-order valence-electron chi connectivity index (χ4n) is 2.76. The number of aromatic nitrogens is 3. The molecular weight excluding hydrogens is 355 g/mol. The largest absolute Gasteiger partial charge is 0.300 e. The van der Waals surface area contributed by atoms with Crippen LogP contribution in [0.1, 0.15) is 5.69 Å². The predicted molar refractivity (Wildman–Crippen MR) is 98.9 cm³/mol. The lowest BCUT2D eigenvalue weighted by atomic mass is 10.1. The molecule has 4 rings (SSSR count). The van der Waals surface area contributed by atoms with E-state index in [1.54, 1.807) is 25.1 Å². The highest BCUT2D eigenvalue weighted by atomic mass is 32.1. The molecule has 2 aromatic carbocycles. The summed E-state index contributed by atoms with van der Waals surface area (Å²) in [6.45, 7) is 1.56. The lowest BCUT2D eigenvalue weighted by molar-refractivity contribution is -0.117. The van der Waals surface area contributed by atoms with Crippen molar-refractivity contribution >= 4 is 43.4 Å².